The molecule has 0 aliphatic rings. The second-order valence-electron chi connectivity index (χ2n) is 12.0. The topological polar surface area (TPSA) is 79.0 Å². The van der Waals surface area contributed by atoms with Crippen molar-refractivity contribution < 1.29 is 14.3 Å². The Balaban J connectivity index is 1.11. The van der Waals surface area contributed by atoms with Crippen LogP contribution < -0.4 is 0 Å². The number of hydrogen-bond acceptors (Lipinski definition) is 5. The number of benzene rings is 4. The minimum absolute atomic E-state index is 0.00616. The summed E-state index contributed by atoms with van der Waals surface area (Å²) in [6.07, 6.45) is 6.84. The molecule has 0 saturated carbocycles. The first-order valence-corrected chi connectivity index (χ1v) is 15.8. The number of aromatic nitrogens is 4. The summed E-state index contributed by atoms with van der Waals surface area (Å²) in [5.74, 6) is -0.188. The Hall–Kier alpha value is -5.40. The molecule has 2 heterocycles. The number of carbonyl (C=O) groups is 2. The van der Waals surface area contributed by atoms with Gasteiger partial charge in [0, 0.05) is 35.4 Å². The van der Waals surface area contributed by atoms with E-state index < -0.39 is 0 Å². The van der Waals surface area contributed by atoms with Gasteiger partial charge in [-0.2, -0.15) is 0 Å². The first-order valence-electron chi connectivity index (χ1n) is 15.8. The number of nitrogens with zero attached hydrogens (tertiary/aromatic N) is 4. The van der Waals surface area contributed by atoms with Gasteiger partial charge in [0.05, 0.1) is 24.6 Å². The molecule has 2 atom stereocenters. The Morgan fingerprint density at radius 2 is 1.00 bits per heavy atom. The Labute approximate surface area is 275 Å². The zero-order valence-corrected chi connectivity index (χ0v) is 27.1. The zero-order chi connectivity index (χ0) is 32.9. The fourth-order valence-corrected chi connectivity index (χ4v) is 6.05. The van der Waals surface area contributed by atoms with Crippen molar-refractivity contribution >= 4 is 11.8 Å². The smallest absolute Gasteiger partial charge is 0.263 e. The number of ether oxygens (including phenoxy) is 1. The third-order valence-electron chi connectivity index (χ3n) is 9.03. The molecule has 47 heavy (non-hydrogen) atoms. The minimum Gasteiger partial charge on any atom is -0.372 e. The SMILES string of the molecule is Cc1c(COCc2cccc([C@H](C)c3cn(C(=O)c4ccccc4)cn3)c2C)cccc1[C@H](C)c1cn(C(=O)c2ccccc2)cn1. The van der Waals surface area contributed by atoms with Gasteiger partial charge in [0.2, 0.25) is 0 Å². The molecule has 0 radical (unpaired) electrons. The molecule has 0 aliphatic carbocycles. The highest BCUT2D eigenvalue weighted by Gasteiger charge is 2.19. The quantitative estimate of drug-likeness (QED) is 0.154. The van der Waals surface area contributed by atoms with Gasteiger partial charge in [0.1, 0.15) is 12.7 Å². The maximum absolute atomic E-state index is 12.9. The molecule has 7 heteroatoms. The largest absolute Gasteiger partial charge is 0.372 e. The number of rotatable bonds is 10. The zero-order valence-electron chi connectivity index (χ0n) is 27.1. The highest BCUT2D eigenvalue weighted by Crippen LogP contribution is 2.30. The van der Waals surface area contributed by atoms with Crippen molar-refractivity contribution in [1.29, 1.82) is 0 Å². The Bertz CT molecular complexity index is 1860. The lowest BCUT2D eigenvalue weighted by atomic mass is 9.91. The maximum atomic E-state index is 12.9. The lowest BCUT2D eigenvalue weighted by Crippen LogP contribution is -2.09. The molecule has 0 amide bonds. The van der Waals surface area contributed by atoms with Crippen LogP contribution in [0.25, 0.3) is 0 Å². The molecule has 0 fully saturated rings. The number of imidazole rings is 2. The van der Waals surface area contributed by atoms with Gasteiger partial charge in [0.15, 0.2) is 0 Å². The molecule has 4 aromatic carbocycles. The normalized spacial score (nSPS) is 12.5. The molecule has 0 bridgehead atoms. The lowest BCUT2D eigenvalue weighted by molar-refractivity contribution is 0.0951. The standard InChI is InChI=1S/C40H38N4O3/c1-27-33(17-11-19-35(27)29(3)37-21-43(25-41-37)39(45)31-13-7-5-8-14-31)23-47-24-34-18-12-20-36(28(34)2)30(4)38-22-44(26-42-38)40(46)32-15-9-6-10-16-32/h5-22,25-26,29-30H,23-24H2,1-4H3/t29-,30-/m0/s1. The fourth-order valence-electron chi connectivity index (χ4n) is 6.05. The Morgan fingerprint density at radius 1 is 0.596 bits per heavy atom. The number of carbonyl (C=O) groups excluding carboxylic acids is 2. The van der Waals surface area contributed by atoms with Crippen molar-refractivity contribution in [3.05, 3.63) is 178 Å². The molecule has 6 rings (SSSR count). The summed E-state index contributed by atoms with van der Waals surface area (Å²) in [6, 6.07) is 31.0. The third-order valence-corrected chi connectivity index (χ3v) is 9.03. The van der Waals surface area contributed by atoms with Crippen LogP contribution in [0, 0.1) is 13.8 Å². The van der Waals surface area contributed by atoms with Gasteiger partial charge in [-0.3, -0.25) is 18.7 Å². The van der Waals surface area contributed by atoms with Crippen LogP contribution in [0.5, 0.6) is 0 Å². The summed E-state index contributed by atoms with van der Waals surface area (Å²) >= 11 is 0. The molecule has 7 nitrogen and oxygen atoms in total. The van der Waals surface area contributed by atoms with Crippen molar-refractivity contribution in [2.24, 2.45) is 0 Å². The average molecular weight is 623 g/mol. The lowest BCUT2D eigenvalue weighted by Gasteiger charge is -2.18. The van der Waals surface area contributed by atoms with E-state index in [4.69, 9.17) is 4.74 Å². The van der Waals surface area contributed by atoms with Gasteiger partial charge < -0.3 is 4.74 Å². The van der Waals surface area contributed by atoms with Crippen LogP contribution >= 0.6 is 0 Å². The van der Waals surface area contributed by atoms with Crippen molar-refractivity contribution in [3.63, 3.8) is 0 Å². The van der Waals surface area contributed by atoms with Crippen LogP contribution in [0.15, 0.2) is 122 Å². The van der Waals surface area contributed by atoms with Gasteiger partial charge >= 0.3 is 0 Å². The molecular weight excluding hydrogens is 584 g/mol. The summed E-state index contributed by atoms with van der Waals surface area (Å²) in [4.78, 5) is 34.9. The van der Waals surface area contributed by atoms with Crippen LogP contribution in [-0.4, -0.2) is 30.9 Å². The van der Waals surface area contributed by atoms with Gasteiger partial charge in [-0.1, -0.05) is 86.6 Å². The Kier molecular flexibility index (Phi) is 9.36. The van der Waals surface area contributed by atoms with Crippen LogP contribution in [0.3, 0.4) is 0 Å². The van der Waals surface area contributed by atoms with E-state index in [0.29, 0.717) is 24.3 Å². The van der Waals surface area contributed by atoms with Crippen molar-refractivity contribution in [2.75, 3.05) is 0 Å². The average Bonchev–Trinajstić information content (AvgIpc) is 3.81. The van der Waals surface area contributed by atoms with Gasteiger partial charge in [-0.25, -0.2) is 9.97 Å². The van der Waals surface area contributed by atoms with E-state index in [1.807, 2.05) is 73.1 Å². The molecule has 0 spiro atoms. The summed E-state index contributed by atoms with van der Waals surface area (Å²) in [5.41, 5.74) is 9.78. The number of hydrogen-bond donors (Lipinski definition) is 0. The second kappa shape index (κ2) is 13.9. The fraction of sp³-hybridized carbons (Fsp3) is 0.200. The van der Waals surface area contributed by atoms with Crippen LogP contribution in [0.2, 0.25) is 0 Å². The van der Waals surface area contributed by atoms with Gasteiger partial charge in [0.25, 0.3) is 11.8 Å². The molecule has 2 aromatic heterocycles. The molecule has 6 aromatic rings. The van der Waals surface area contributed by atoms with Crippen LogP contribution in [-0.2, 0) is 18.0 Å². The highest BCUT2D eigenvalue weighted by atomic mass is 16.5. The van der Waals surface area contributed by atoms with Crippen molar-refractivity contribution in [3.8, 4) is 0 Å². The van der Waals surface area contributed by atoms with E-state index in [-0.39, 0.29) is 23.7 Å². The summed E-state index contributed by atoms with van der Waals surface area (Å²) in [6.45, 7) is 9.40. The van der Waals surface area contributed by atoms with Crippen molar-refractivity contribution in [1.82, 2.24) is 19.1 Å². The second-order valence-corrected chi connectivity index (χ2v) is 12.0. The molecule has 236 valence electrons. The van der Waals surface area contributed by atoms with E-state index in [1.165, 1.54) is 0 Å². The summed E-state index contributed by atoms with van der Waals surface area (Å²) < 4.78 is 9.39. The van der Waals surface area contributed by atoms with E-state index >= 15 is 0 Å². The Morgan fingerprint density at radius 3 is 1.40 bits per heavy atom. The van der Waals surface area contributed by atoms with E-state index in [1.54, 1.807) is 21.8 Å². The highest BCUT2D eigenvalue weighted by molar-refractivity contribution is 5.96. The van der Waals surface area contributed by atoms with E-state index in [2.05, 4.69) is 74.1 Å². The summed E-state index contributed by atoms with van der Waals surface area (Å²) in [5, 5.41) is 0. The van der Waals surface area contributed by atoms with Gasteiger partial charge in [-0.05, 0) is 71.5 Å². The predicted octanol–water partition coefficient (Wildman–Crippen LogP) is 8.09. The molecule has 0 saturated heterocycles. The molecule has 0 N–H and O–H groups in total. The monoisotopic (exact) mass is 622 g/mol. The first-order chi connectivity index (χ1) is 22.8. The van der Waals surface area contributed by atoms with Crippen LogP contribution in [0.4, 0.5) is 0 Å². The van der Waals surface area contributed by atoms with Crippen LogP contribution in [0.1, 0.15) is 91.2 Å². The molecule has 0 aliphatic heterocycles. The first kappa shape index (κ1) is 31.6. The van der Waals surface area contributed by atoms with E-state index in [0.717, 1.165) is 44.8 Å². The molecule has 0 unspecified atom stereocenters. The van der Waals surface area contributed by atoms with E-state index in [9.17, 15) is 9.59 Å². The predicted molar refractivity (Wildman–Crippen MR) is 183 cm³/mol. The van der Waals surface area contributed by atoms with Gasteiger partial charge in [-0.15, -0.1) is 0 Å². The van der Waals surface area contributed by atoms with Crippen molar-refractivity contribution in [2.45, 2.75) is 52.7 Å². The maximum Gasteiger partial charge on any atom is 0.263 e. The summed E-state index contributed by atoms with van der Waals surface area (Å²) in [7, 11) is 0. The third kappa shape index (κ3) is 6.76. The minimum atomic E-state index is -0.1000. The molecular formula is C40H38N4O3.